The molecule has 0 N–H and O–H groups in total. The van der Waals surface area contributed by atoms with Crippen molar-refractivity contribution in [1.29, 1.82) is 0 Å². The van der Waals surface area contributed by atoms with Crippen LogP contribution in [0.15, 0.2) is 95.4 Å². The lowest BCUT2D eigenvalue weighted by atomic mass is 10.2. The first-order valence-corrected chi connectivity index (χ1v) is 10.7. The van der Waals surface area contributed by atoms with E-state index in [2.05, 4.69) is 15.3 Å². The SMILES string of the molecule is Clc1ccccc1CSc1nncn1/N=C/c1ccccc1OCc1ccccc1. The summed E-state index contributed by atoms with van der Waals surface area (Å²) in [5.41, 5.74) is 3.04. The van der Waals surface area contributed by atoms with E-state index in [9.17, 15) is 0 Å². The number of hydrogen-bond acceptors (Lipinski definition) is 5. The van der Waals surface area contributed by atoms with E-state index >= 15 is 0 Å². The summed E-state index contributed by atoms with van der Waals surface area (Å²) < 4.78 is 7.64. The van der Waals surface area contributed by atoms with Gasteiger partial charge in [0.1, 0.15) is 18.7 Å². The van der Waals surface area contributed by atoms with Gasteiger partial charge in [0.05, 0.1) is 6.21 Å². The minimum absolute atomic E-state index is 0.497. The van der Waals surface area contributed by atoms with Crippen molar-refractivity contribution in [2.24, 2.45) is 5.10 Å². The second-order valence-corrected chi connectivity index (χ2v) is 7.74. The molecule has 4 rings (SSSR count). The summed E-state index contributed by atoms with van der Waals surface area (Å²) in [5, 5.41) is 14.1. The van der Waals surface area contributed by atoms with Gasteiger partial charge in [0.2, 0.25) is 5.16 Å². The third-order valence-electron chi connectivity index (χ3n) is 4.29. The number of nitrogens with zero attached hydrogens (tertiary/aromatic N) is 4. The summed E-state index contributed by atoms with van der Waals surface area (Å²) >= 11 is 7.76. The Bertz CT molecular complexity index is 1130. The molecular formula is C23H19ClN4OS. The lowest BCUT2D eigenvalue weighted by Crippen LogP contribution is -1.99. The monoisotopic (exact) mass is 434 g/mol. The first-order valence-electron chi connectivity index (χ1n) is 9.36. The van der Waals surface area contributed by atoms with Crippen LogP contribution < -0.4 is 4.74 Å². The largest absolute Gasteiger partial charge is 0.488 e. The van der Waals surface area contributed by atoms with Crippen molar-refractivity contribution in [3.05, 3.63) is 107 Å². The second kappa shape index (κ2) is 10.1. The molecule has 0 aliphatic heterocycles. The summed E-state index contributed by atoms with van der Waals surface area (Å²) in [6, 6.07) is 25.6. The van der Waals surface area contributed by atoms with Gasteiger partial charge < -0.3 is 4.74 Å². The second-order valence-electron chi connectivity index (χ2n) is 6.39. The van der Waals surface area contributed by atoms with Gasteiger partial charge in [-0.05, 0) is 29.3 Å². The molecule has 0 saturated heterocycles. The van der Waals surface area contributed by atoms with E-state index in [1.54, 1.807) is 17.2 Å². The fourth-order valence-corrected chi connectivity index (χ4v) is 3.88. The molecule has 0 saturated carbocycles. The Labute approximate surface area is 184 Å². The van der Waals surface area contributed by atoms with E-state index in [-0.39, 0.29) is 0 Å². The highest BCUT2D eigenvalue weighted by Crippen LogP contribution is 2.25. The number of ether oxygens (including phenoxy) is 1. The number of para-hydroxylation sites is 1. The number of halogens is 1. The molecule has 5 nitrogen and oxygen atoms in total. The zero-order chi connectivity index (χ0) is 20.6. The van der Waals surface area contributed by atoms with E-state index in [0.29, 0.717) is 17.5 Å². The van der Waals surface area contributed by atoms with Crippen LogP contribution in [0.5, 0.6) is 5.75 Å². The first-order chi connectivity index (χ1) is 14.8. The molecule has 0 spiro atoms. The van der Waals surface area contributed by atoms with Gasteiger partial charge in [0.25, 0.3) is 0 Å². The van der Waals surface area contributed by atoms with Crippen molar-refractivity contribution >= 4 is 29.6 Å². The van der Waals surface area contributed by atoms with Crippen LogP contribution in [0, 0.1) is 0 Å². The van der Waals surface area contributed by atoms with Crippen LogP contribution in [0.2, 0.25) is 5.02 Å². The maximum absolute atomic E-state index is 6.24. The van der Waals surface area contributed by atoms with Crippen LogP contribution in [-0.2, 0) is 12.4 Å². The van der Waals surface area contributed by atoms with Gasteiger partial charge in [-0.3, -0.25) is 0 Å². The lowest BCUT2D eigenvalue weighted by Gasteiger charge is -2.09. The Morgan fingerprint density at radius 3 is 2.60 bits per heavy atom. The average Bonchev–Trinajstić information content (AvgIpc) is 3.24. The van der Waals surface area contributed by atoms with Gasteiger partial charge >= 0.3 is 0 Å². The third kappa shape index (κ3) is 5.28. The molecule has 0 unspecified atom stereocenters. The van der Waals surface area contributed by atoms with Gasteiger partial charge in [0, 0.05) is 16.3 Å². The fourth-order valence-electron chi connectivity index (χ4n) is 2.73. The van der Waals surface area contributed by atoms with E-state index in [1.807, 2.05) is 78.9 Å². The predicted molar refractivity (Wildman–Crippen MR) is 121 cm³/mol. The number of benzene rings is 3. The van der Waals surface area contributed by atoms with E-state index < -0.39 is 0 Å². The fraction of sp³-hybridized carbons (Fsp3) is 0.0870. The quantitative estimate of drug-likeness (QED) is 0.264. The predicted octanol–water partition coefficient (Wildman–Crippen LogP) is 5.69. The van der Waals surface area contributed by atoms with Crippen LogP contribution in [0.25, 0.3) is 0 Å². The molecule has 0 radical (unpaired) electrons. The zero-order valence-electron chi connectivity index (χ0n) is 16.1. The summed E-state index contributed by atoms with van der Waals surface area (Å²) in [6.45, 7) is 0.497. The standard InChI is InChI=1S/C23H19ClN4OS/c24-21-12-6-4-11-20(21)16-30-23-27-25-17-28(23)26-14-19-10-5-7-13-22(19)29-15-18-8-2-1-3-9-18/h1-14,17H,15-16H2/b26-14+. The molecule has 0 fully saturated rings. The highest BCUT2D eigenvalue weighted by Gasteiger charge is 2.07. The topological polar surface area (TPSA) is 52.3 Å². The third-order valence-corrected chi connectivity index (χ3v) is 5.64. The van der Waals surface area contributed by atoms with Gasteiger partial charge in [-0.1, -0.05) is 84.0 Å². The summed E-state index contributed by atoms with van der Waals surface area (Å²) in [5.74, 6) is 1.45. The molecular weight excluding hydrogens is 416 g/mol. The molecule has 3 aromatic carbocycles. The minimum Gasteiger partial charge on any atom is -0.488 e. The highest BCUT2D eigenvalue weighted by molar-refractivity contribution is 7.98. The molecule has 0 aliphatic carbocycles. The van der Waals surface area contributed by atoms with Crippen molar-refractivity contribution in [3.8, 4) is 5.75 Å². The first kappa shape index (κ1) is 20.2. The van der Waals surface area contributed by atoms with E-state index in [0.717, 1.165) is 27.5 Å². The lowest BCUT2D eigenvalue weighted by molar-refractivity contribution is 0.306. The van der Waals surface area contributed by atoms with Crippen molar-refractivity contribution in [2.45, 2.75) is 17.5 Å². The molecule has 4 aromatic rings. The maximum Gasteiger partial charge on any atom is 0.212 e. The molecule has 30 heavy (non-hydrogen) atoms. The van der Waals surface area contributed by atoms with Gasteiger partial charge in [-0.25, -0.2) is 0 Å². The summed E-state index contributed by atoms with van der Waals surface area (Å²) in [4.78, 5) is 0. The van der Waals surface area contributed by atoms with E-state index in [4.69, 9.17) is 16.3 Å². The normalized spacial score (nSPS) is 11.1. The van der Waals surface area contributed by atoms with Crippen LogP contribution in [-0.4, -0.2) is 21.1 Å². The Balaban J connectivity index is 1.45. The highest BCUT2D eigenvalue weighted by atomic mass is 35.5. The van der Waals surface area contributed by atoms with Crippen molar-refractivity contribution < 1.29 is 4.74 Å². The van der Waals surface area contributed by atoms with Crippen LogP contribution in [0.3, 0.4) is 0 Å². The average molecular weight is 435 g/mol. The van der Waals surface area contributed by atoms with Crippen molar-refractivity contribution in [3.63, 3.8) is 0 Å². The number of aromatic nitrogens is 3. The van der Waals surface area contributed by atoms with Gasteiger partial charge in [-0.15, -0.1) is 10.2 Å². The molecule has 0 bridgehead atoms. The van der Waals surface area contributed by atoms with Gasteiger partial charge in [-0.2, -0.15) is 9.78 Å². The smallest absolute Gasteiger partial charge is 0.212 e. The summed E-state index contributed by atoms with van der Waals surface area (Å²) in [6.07, 6.45) is 3.34. The molecule has 7 heteroatoms. The van der Waals surface area contributed by atoms with Crippen LogP contribution in [0.4, 0.5) is 0 Å². The molecule has 150 valence electrons. The number of hydrogen-bond donors (Lipinski definition) is 0. The van der Waals surface area contributed by atoms with E-state index in [1.165, 1.54) is 11.8 Å². The molecule has 0 atom stereocenters. The summed E-state index contributed by atoms with van der Waals surface area (Å²) in [7, 11) is 0. The molecule has 1 heterocycles. The Hall–Kier alpha value is -3.09. The van der Waals surface area contributed by atoms with Gasteiger partial charge in [0.15, 0.2) is 0 Å². The molecule has 1 aromatic heterocycles. The van der Waals surface area contributed by atoms with Crippen LogP contribution in [0.1, 0.15) is 16.7 Å². The Morgan fingerprint density at radius 2 is 1.73 bits per heavy atom. The van der Waals surface area contributed by atoms with Crippen molar-refractivity contribution in [1.82, 2.24) is 14.9 Å². The number of rotatable bonds is 8. The maximum atomic E-state index is 6.24. The molecule has 0 aliphatic rings. The minimum atomic E-state index is 0.497. The number of thioether (sulfide) groups is 1. The Morgan fingerprint density at radius 1 is 0.967 bits per heavy atom. The zero-order valence-corrected chi connectivity index (χ0v) is 17.6. The van der Waals surface area contributed by atoms with Crippen LogP contribution >= 0.6 is 23.4 Å². The Kier molecular flexibility index (Phi) is 6.79. The van der Waals surface area contributed by atoms with Crippen molar-refractivity contribution in [2.75, 3.05) is 0 Å². The molecule has 0 amide bonds.